The number of carbonyl (C=O) groups excluding carboxylic acids is 1. The van der Waals surface area contributed by atoms with Crippen LogP contribution in [0.2, 0.25) is 0 Å². The van der Waals surface area contributed by atoms with Crippen molar-refractivity contribution in [3.8, 4) is 0 Å². The van der Waals surface area contributed by atoms with Gasteiger partial charge in [0.25, 0.3) is 5.91 Å². The minimum absolute atomic E-state index is 0.0608. The van der Waals surface area contributed by atoms with E-state index >= 15 is 0 Å². The van der Waals surface area contributed by atoms with E-state index in [-0.39, 0.29) is 11.9 Å². The van der Waals surface area contributed by atoms with Crippen molar-refractivity contribution in [2.24, 2.45) is 0 Å². The van der Waals surface area contributed by atoms with Gasteiger partial charge in [0.15, 0.2) is 5.69 Å². The molecule has 3 aliphatic heterocycles. The second-order valence-electron chi connectivity index (χ2n) is 8.01. The van der Waals surface area contributed by atoms with Gasteiger partial charge >= 0.3 is 0 Å². The highest BCUT2D eigenvalue weighted by Gasteiger charge is 2.32. The van der Waals surface area contributed by atoms with Crippen LogP contribution in [0.1, 0.15) is 54.3 Å². The molecule has 0 unspecified atom stereocenters. The van der Waals surface area contributed by atoms with Gasteiger partial charge in [-0.05, 0) is 52.1 Å². The first kappa shape index (κ1) is 18.8. The Labute approximate surface area is 161 Å². The van der Waals surface area contributed by atoms with E-state index in [1.807, 2.05) is 11.6 Å². The summed E-state index contributed by atoms with van der Waals surface area (Å²) < 4.78 is 7.44. The molecular weight excluding hydrogens is 344 g/mol. The number of morpholine rings is 1. The first-order valence-electron chi connectivity index (χ1n) is 10.5. The highest BCUT2D eigenvalue weighted by Crippen LogP contribution is 2.24. The number of ether oxygens (including phenoxy) is 1. The summed E-state index contributed by atoms with van der Waals surface area (Å²) in [6.45, 7) is 9.28. The molecule has 0 saturated carbocycles. The molecule has 0 aliphatic carbocycles. The third-order valence-corrected chi connectivity index (χ3v) is 6.25. The van der Waals surface area contributed by atoms with Gasteiger partial charge in [-0.2, -0.15) is 0 Å². The number of carbonyl (C=O) groups is 1. The summed E-state index contributed by atoms with van der Waals surface area (Å²) >= 11 is 0. The monoisotopic (exact) mass is 376 g/mol. The van der Waals surface area contributed by atoms with Gasteiger partial charge < -0.3 is 15.0 Å². The molecule has 0 aromatic carbocycles. The Morgan fingerprint density at radius 3 is 2.70 bits per heavy atom. The molecule has 8 nitrogen and oxygen atoms in total. The molecule has 8 heteroatoms. The predicted molar refractivity (Wildman–Crippen MR) is 102 cm³/mol. The Morgan fingerprint density at radius 2 is 1.93 bits per heavy atom. The zero-order chi connectivity index (χ0) is 18.6. The van der Waals surface area contributed by atoms with E-state index < -0.39 is 0 Å². The lowest BCUT2D eigenvalue weighted by Gasteiger charge is -2.39. The molecule has 0 spiro atoms. The van der Waals surface area contributed by atoms with E-state index in [0.29, 0.717) is 11.7 Å². The summed E-state index contributed by atoms with van der Waals surface area (Å²) in [5.74, 6) is 0.0608. The third-order valence-electron chi connectivity index (χ3n) is 6.25. The molecule has 1 atom stereocenters. The zero-order valence-corrected chi connectivity index (χ0v) is 16.4. The molecule has 150 valence electrons. The first-order chi connectivity index (χ1) is 13.2. The zero-order valence-electron chi connectivity index (χ0n) is 16.4. The van der Waals surface area contributed by atoms with Crippen molar-refractivity contribution >= 4 is 5.91 Å². The number of amides is 1. The smallest absolute Gasteiger partial charge is 0.276 e. The number of hydrogen-bond acceptors (Lipinski definition) is 6. The van der Waals surface area contributed by atoms with Gasteiger partial charge in [-0.1, -0.05) is 5.21 Å². The van der Waals surface area contributed by atoms with Crippen molar-refractivity contribution in [2.75, 3.05) is 52.5 Å². The molecule has 3 saturated heterocycles. The summed E-state index contributed by atoms with van der Waals surface area (Å²) in [4.78, 5) is 17.8. The SMILES string of the molecule is Cc1c(C(=O)N2CCCC[C@H]2CN2CCOCC2)nnn1C1CCNCC1. The average Bonchev–Trinajstić information content (AvgIpc) is 3.11. The van der Waals surface area contributed by atoms with Crippen molar-refractivity contribution in [2.45, 2.75) is 51.1 Å². The Kier molecular flexibility index (Phi) is 6.04. The van der Waals surface area contributed by atoms with Gasteiger partial charge in [-0.25, -0.2) is 4.68 Å². The van der Waals surface area contributed by atoms with E-state index in [4.69, 9.17) is 4.74 Å². The van der Waals surface area contributed by atoms with Crippen molar-refractivity contribution in [1.29, 1.82) is 0 Å². The number of nitrogens with zero attached hydrogens (tertiary/aromatic N) is 5. The second-order valence-corrected chi connectivity index (χ2v) is 8.01. The normalized spacial score (nSPS) is 25.7. The van der Waals surface area contributed by atoms with E-state index in [2.05, 4.69) is 25.4 Å². The molecule has 1 aromatic rings. The highest BCUT2D eigenvalue weighted by molar-refractivity contribution is 5.93. The molecule has 4 heterocycles. The van der Waals surface area contributed by atoms with Gasteiger partial charge in [-0.15, -0.1) is 5.10 Å². The minimum atomic E-state index is 0.0608. The Hall–Kier alpha value is -1.51. The van der Waals surface area contributed by atoms with Gasteiger partial charge in [0.1, 0.15) is 0 Å². The van der Waals surface area contributed by atoms with Crippen molar-refractivity contribution in [1.82, 2.24) is 30.1 Å². The van der Waals surface area contributed by atoms with Crippen LogP contribution in [0.5, 0.6) is 0 Å². The summed E-state index contributed by atoms with van der Waals surface area (Å²) in [5, 5.41) is 12.1. The molecule has 4 rings (SSSR count). The van der Waals surface area contributed by atoms with Crippen molar-refractivity contribution < 1.29 is 9.53 Å². The van der Waals surface area contributed by atoms with Crippen LogP contribution in [-0.4, -0.2) is 89.2 Å². The Morgan fingerprint density at radius 1 is 1.15 bits per heavy atom. The van der Waals surface area contributed by atoms with Crippen LogP contribution in [0, 0.1) is 6.92 Å². The van der Waals surface area contributed by atoms with E-state index in [1.165, 1.54) is 6.42 Å². The summed E-state index contributed by atoms with van der Waals surface area (Å²) in [7, 11) is 0. The number of aromatic nitrogens is 3. The van der Waals surface area contributed by atoms with Crippen LogP contribution in [-0.2, 0) is 4.74 Å². The number of rotatable bonds is 4. The fourth-order valence-electron chi connectivity index (χ4n) is 4.61. The predicted octanol–water partition coefficient (Wildman–Crippen LogP) is 0.838. The lowest BCUT2D eigenvalue weighted by molar-refractivity contribution is 0.0164. The van der Waals surface area contributed by atoms with Gasteiger partial charge in [0.05, 0.1) is 24.9 Å². The maximum Gasteiger partial charge on any atom is 0.276 e. The van der Waals surface area contributed by atoms with Crippen LogP contribution in [0.3, 0.4) is 0 Å². The van der Waals surface area contributed by atoms with Crippen molar-refractivity contribution in [3.05, 3.63) is 11.4 Å². The van der Waals surface area contributed by atoms with Crippen LogP contribution in [0.15, 0.2) is 0 Å². The molecule has 0 radical (unpaired) electrons. The number of piperidine rings is 2. The van der Waals surface area contributed by atoms with Crippen LogP contribution in [0.4, 0.5) is 0 Å². The number of nitrogens with one attached hydrogen (secondary N) is 1. The standard InChI is InChI=1S/C19H32N6O2/c1-15-18(21-22-25(15)16-5-7-20-8-6-16)19(26)24-9-3-2-4-17(24)14-23-10-12-27-13-11-23/h16-17,20H,2-14H2,1H3/t17-/m0/s1. The largest absolute Gasteiger partial charge is 0.379 e. The average molecular weight is 377 g/mol. The first-order valence-corrected chi connectivity index (χ1v) is 10.5. The summed E-state index contributed by atoms with van der Waals surface area (Å²) in [6.07, 6.45) is 5.43. The van der Waals surface area contributed by atoms with Crippen molar-refractivity contribution in [3.63, 3.8) is 0 Å². The molecule has 3 fully saturated rings. The fourth-order valence-corrected chi connectivity index (χ4v) is 4.61. The lowest BCUT2D eigenvalue weighted by Crippen LogP contribution is -2.51. The van der Waals surface area contributed by atoms with Gasteiger partial charge in [0.2, 0.25) is 0 Å². The summed E-state index contributed by atoms with van der Waals surface area (Å²) in [6, 6.07) is 0.624. The molecule has 1 amide bonds. The van der Waals surface area contributed by atoms with Gasteiger partial charge in [-0.3, -0.25) is 9.69 Å². The Balaban J connectivity index is 1.47. The topological polar surface area (TPSA) is 75.5 Å². The van der Waals surface area contributed by atoms with Crippen LogP contribution in [0.25, 0.3) is 0 Å². The van der Waals surface area contributed by atoms with Crippen LogP contribution < -0.4 is 5.32 Å². The molecule has 0 bridgehead atoms. The van der Waals surface area contributed by atoms with Gasteiger partial charge in [0, 0.05) is 32.2 Å². The molecule has 1 aromatic heterocycles. The highest BCUT2D eigenvalue weighted by atomic mass is 16.5. The molecule has 1 N–H and O–H groups in total. The lowest BCUT2D eigenvalue weighted by atomic mass is 10.0. The molecular formula is C19H32N6O2. The number of hydrogen-bond donors (Lipinski definition) is 1. The fraction of sp³-hybridized carbons (Fsp3) is 0.842. The Bertz CT molecular complexity index is 636. The summed E-state index contributed by atoms with van der Waals surface area (Å²) in [5.41, 5.74) is 1.46. The molecule has 27 heavy (non-hydrogen) atoms. The van der Waals surface area contributed by atoms with E-state index in [1.54, 1.807) is 0 Å². The molecule has 3 aliphatic rings. The van der Waals surface area contributed by atoms with E-state index in [9.17, 15) is 4.79 Å². The quantitative estimate of drug-likeness (QED) is 0.839. The van der Waals surface area contributed by atoms with Crippen LogP contribution >= 0.6 is 0 Å². The maximum atomic E-state index is 13.3. The third kappa shape index (κ3) is 4.17. The maximum absolute atomic E-state index is 13.3. The number of likely N-dealkylation sites (tertiary alicyclic amines) is 1. The minimum Gasteiger partial charge on any atom is -0.379 e. The van der Waals surface area contributed by atoms with E-state index in [0.717, 1.165) is 83.9 Å². The second kappa shape index (κ2) is 8.67.